The van der Waals surface area contributed by atoms with E-state index in [1.807, 2.05) is 12.1 Å². The van der Waals surface area contributed by atoms with Crippen LogP contribution in [-0.4, -0.2) is 47.3 Å². The number of hydrogen-bond donors (Lipinski definition) is 1. The van der Waals surface area contributed by atoms with Crippen LogP contribution >= 0.6 is 0 Å². The molecule has 0 spiro atoms. The lowest BCUT2D eigenvalue weighted by molar-refractivity contribution is -0.153. The highest BCUT2D eigenvalue weighted by Crippen LogP contribution is 2.28. The molecule has 3 rings (SSSR count). The summed E-state index contributed by atoms with van der Waals surface area (Å²) in [6, 6.07) is 7.26. The van der Waals surface area contributed by atoms with Crippen LogP contribution in [-0.2, 0) is 9.53 Å². The minimum absolute atomic E-state index is 0.0226. The molecule has 1 aliphatic rings. The Labute approximate surface area is 143 Å². The molecule has 2 amide bonds. The second-order valence-electron chi connectivity index (χ2n) is 5.81. The highest BCUT2D eigenvalue weighted by Gasteiger charge is 2.47. The number of urea groups is 1. The molecule has 132 valence electrons. The van der Waals surface area contributed by atoms with Crippen LogP contribution in [0.25, 0.3) is 5.69 Å². The van der Waals surface area contributed by atoms with Crippen molar-refractivity contribution in [3.05, 3.63) is 48.5 Å². The lowest BCUT2D eigenvalue weighted by atomic mass is 10.1. The van der Waals surface area contributed by atoms with E-state index in [9.17, 15) is 18.4 Å². The van der Waals surface area contributed by atoms with Crippen LogP contribution in [0, 0.1) is 5.82 Å². The topological polar surface area (TPSA) is 63.6 Å². The molecule has 1 atom stereocenters. The smallest absolute Gasteiger partial charge is 0.345 e. The Bertz CT molecular complexity index is 794. The summed E-state index contributed by atoms with van der Waals surface area (Å²) in [5.74, 6) is -1.62. The third kappa shape index (κ3) is 3.33. The van der Waals surface area contributed by atoms with Gasteiger partial charge in [0.1, 0.15) is 5.82 Å². The van der Waals surface area contributed by atoms with E-state index < -0.39 is 30.0 Å². The van der Waals surface area contributed by atoms with E-state index in [2.05, 4.69) is 10.1 Å². The van der Waals surface area contributed by atoms with Gasteiger partial charge in [-0.2, -0.15) is 0 Å². The lowest BCUT2D eigenvalue weighted by Gasteiger charge is -2.19. The van der Waals surface area contributed by atoms with Gasteiger partial charge in [-0.1, -0.05) is 0 Å². The summed E-state index contributed by atoms with van der Waals surface area (Å²) in [5, 5.41) is 2.43. The Hall–Kier alpha value is -2.90. The molecule has 1 unspecified atom stereocenters. The largest absolute Gasteiger partial charge is 0.467 e. The van der Waals surface area contributed by atoms with Crippen LogP contribution < -0.4 is 5.32 Å². The maximum atomic E-state index is 14.4. The van der Waals surface area contributed by atoms with Crippen LogP contribution in [0.5, 0.6) is 0 Å². The maximum Gasteiger partial charge on any atom is 0.345 e. The normalized spacial score (nSPS) is 19.7. The molecule has 25 heavy (non-hydrogen) atoms. The molecule has 1 saturated heterocycles. The van der Waals surface area contributed by atoms with Gasteiger partial charge in [0.15, 0.2) is 0 Å². The number of nitrogens with zero attached hydrogens (tertiary/aromatic N) is 2. The highest BCUT2D eigenvalue weighted by molar-refractivity contribution is 5.91. The average Bonchev–Trinajstić information content (AvgIpc) is 3.26. The molecule has 1 N–H and O–H groups in total. The summed E-state index contributed by atoms with van der Waals surface area (Å²) in [7, 11) is 1.09. The van der Waals surface area contributed by atoms with Gasteiger partial charge < -0.3 is 19.5 Å². The predicted molar refractivity (Wildman–Crippen MR) is 86.8 cm³/mol. The summed E-state index contributed by atoms with van der Waals surface area (Å²) >= 11 is 0. The first-order chi connectivity index (χ1) is 11.9. The number of rotatable bonds is 3. The van der Waals surface area contributed by atoms with Crippen molar-refractivity contribution in [1.29, 1.82) is 0 Å². The molecule has 1 aromatic heterocycles. The van der Waals surface area contributed by atoms with E-state index in [1.165, 1.54) is 12.1 Å². The van der Waals surface area contributed by atoms with Crippen LogP contribution in [0.15, 0.2) is 42.7 Å². The number of carbonyl (C=O) groups excluding carboxylic acids is 2. The fourth-order valence-electron chi connectivity index (χ4n) is 2.77. The van der Waals surface area contributed by atoms with Gasteiger partial charge in [0.05, 0.1) is 19.3 Å². The van der Waals surface area contributed by atoms with E-state index in [0.717, 1.165) is 12.0 Å². The van der Waals surface area contributed by atoms with E-state index in [1.54, 1.807) is 23.0 Å². The molecule has 0 saturated carbocycles. The van der Waals surface area contributed by atoms with Crippen LogP contribution in [0.1, 0.15) is 6.42 Å². The Morgan fingerprint density at radius 3 is 2.68 bits per heavy atom. The SMILES string of the molecule is COC(=O)C1(F)CCN(C(=O)Nc2cc(-n3cccc3)ccc2F)C1. The Balaban J connectivity index is 1.74. The Kier molecular flexibility index (Phi) is 4.43. The van der Waals surface area contributed by atoms with Crippen molar-refractivity contribution in [3.63, 3.8) is 0 Å². The number of anilines is 1. The summed E-state index contributed by atoms with van der Waals surface area (Å²) in [6.45, 7) is -0.388. The Morgan fingerprint density at radius 2 is 2.00 bits per heavy atom. The first-order valence-corrected chi connectivity index (χ1v) is 7.69. The lowest BCUT2D eigenvalue weighted by Crippen LogP contribution is -2.41. The summed E-state index contributed by atoms with van der Waals surface area (Å²) < 4.78 is 34.6. The molecule has 1 aromatic carbocycles. The molecule has 2 aromatic rings. The first-order valence-electron chi connectivity index (χ1n) is 7.69. The third-order valence-corrected chi connectivity index (χ3v) is 4.15. The van der Waals surface area contributed by atoms with Crippen LogP contribution in [0.3, 0.4) is 0 Å². The highest BCUT2D eigenvalue weighted by atomic mass is 19.1. The second-order valence-corrected chi connectivity index (χ2v) is 5.81. The van der Waals surface area contributed by atoms with Gasteiger partial charge in [-0.05, 0) is 30.3 Å². The van der Waals surface area contributed by atoms with Crippen molar-refractivity contribution >= 4 is 17.7 Å². The van der Waals surface area contributed by atoms with E-state index >= 15 is 0 Å². The van der Waals surface area contributed by atoms with E-state index in [0.29, 0.717) is 5.69 Å². The quantitative estimate of drug-likeness (QED) is 0.867. The van der Waals surface area contributed by atoms with Crippen LogP contribution in [0.4, 0.5) is 19.3 Å². The van der Waals surface area contributed by atoms with E-state index in [-0.39, 0.29) is 18.7 Å². The first kappa shape index (κ1) is 16.9. The molecule has 2 heterocycles. The van der Waals surface area contributed by atoms with Gasteiger partial charge in [0.2, 0.25) is 5.67 Å². The number of amides is 2. The zero-order valence-electron chi connectivity index (χ0n) is 13.5. The second kappa shape index (κ2) is 6.54. The molecule has 6 nitrogen and oxygen atoms in total. The number of esters is 1. The summed E-state index contributed by atoms with van der Waals surface area (Å²) in [6.07, 6.45) is 3.42. The number of ether oxygens (including phenoxy) is 1. The van der Waals surface area contributed by atoms with Crippen molar-refractivity contribution in [3.8, 4) is 5.69 Å². The van der Waals surface area contributed by atoms with Gasteiger partial charge >= 0.3 is 12.0 Å². The molecule has 1 fully saturated rings. The number of hydrogen-bond acceptors (Lipinski definition) is 3. The Morgan fingerprint density at radius 1 is 1.28 bits per heavy atom. The minimum atomic E-state index is -2.22. The summed E-state index contributed by atoms with van der Waals surface area (Å²) in [4.78, 5) is 24.9. The predicted octanol–water partition coefficient (Wildman–Crippen LogP) is 2.74. The van der Waals surface area contributed by atoms with Crippen molar-refractivity contribution in [1.82, 2.24) is 9.47 Å². The van der Waals surface area contributed by atoms with Gasteiger partial charge in [-0.15, -0.1) is 0 Å². The summed E-state index contributed by atoms with van der Waals surface area (Å²) in [5.41, 5.74) is -1.58. The number of benzene rings is 1. The molecular formula is C17H17F2N3O3. The van der Waals surface area contributed by atoms with Gasteiger partial charge in [0, 0.05) is 31.0 Å². The molecule has 0 radical (unpaired) electrons. The number of aromatic nitrogens is 1. The standard InChI is InChI=1S/C17H17F2N3O3/c1-25-15(23)17(19)6-9-22(11-17)16(24)20-14-10-12(4-5-13(14)18)21-7-2-3-8-21/h2-5,7-8,10H,6,9,11H2,1H3,(H,20,24). The fourth-order valence-corrected chi connectivity index (χ4v) is 2.77. The number of nitrogens with one attached hydrogen (secondary N) is 1. The molecule has 0 bridgehead atoms. The zero-order chi connectivity index (χ0) is 18.0. The number of alkyl halides is 1. The number of methoxy groups -OCH3 is 1. The van der Waals surface area contributed by atoms with Crippen molar-refractivity contribution in [2.24, 2.45) is 0 Å². The number of carbonyl (C=O) groups is 2. The fraction of sp³-hybridized carbons (Fsp3) is 0.294. The van der Waals surface area contributed by atoms with Gasteiger partial charge in [-0.25, -0.2) is 18.4 Å². The van der Waals surface area contributed by atoms with E-state index in [4.69, 9.17) is 0 Å². The third-order valence-electron chi connectivity index (χ3n) is 4.15. The minimum Gasteiger partial charge on any atom is -0.467 e. The molecular weight excluding hydrogens is 332 g/mol. The number of likely N-dealkylation sites (tertiary alicyclic amines) is 1. The molecule has 0 aliphatic carbocycles. The average molecular weight is 349 g/mol. The van der Waals surface area contributed by atoms with Crippen molar-refractivity contribution in [2.45, 2.75) is 12.1 Å². The monoisotopic (exact) mass is 349 g/mol. The molecule has 1 aliphatic heterocycles. The number of halogens is 2. The molecule has 8 heteroatoms. The zero-order valence-corrected chi connectivity index (χ0v) is 13.5. The van der Waals surface area contributed by atoms with Gasteiger partial charge in [0.25, 0.3) is 0 Å². The van der Waals surface area contributed by atoms with Crippen LogP contribution in [0.2, 0.25) is 0 Å². The van der Waals surface area contributed by atoms with Crippen molar-refractivity contribution < 1.29 is 23.1 Å². The van der Waals surface area contributed by atoms with Crippen molar-refractivity contribution in [2.75, 3.05) is 25.5 Å². The van der Waals surface area contributed by atoms with Gasteiger partial charge in [-0.3, -0.25) is 0 Å². The maximum absolute atomic E-state index is 14.4.